The molecule has 0 unspecified atom stereocenters. The van der Waals surface area contributed by atoms with Crippen molar-refractivity contribution in [2.45, 2.75) is 4.90 Å². The van der Waals surface area contributed by atoms with E-state index in [0.717, 1.165) is 54.3 Å². The first-order chi connectivity index (χ1) is 19.3. The quantitative estimate of drug-likeness (QED) is 0.377. The van der Waals surface area contributed by atoms with Crippen LogP contribution in [-0.4, -0.2) is 98.8 Å². The Morgan fingerprint density at radius 1 is 0.900 bits per heavy atom. The van der Waals surface area contributed by atoms with Gasteiger partial charge in [0.05, 0.1) is 31.4 Å². The van der Waals surface area contributed by atoms with E-state index in [0.29, 0.717) is 37.7 Å². The normalized spacial score (nSPS) is 17.4. The number of pyridine rings is 1. The van der Waals surface area contributed by atoms with Gasteiger partial charge in [-0.3, -0.25) is 4.57 Å². The highest BCUT2D eigenvalue weighted by atomic mass is 32.2. The van der Waals surface area contributed by atoms with Gasteiger partial charge in [0.25, 0.3) is 0 Å². The Kier molecular flexibility index (Phi) is 7.09. The molecular weight excluding hydrogens is 530 g/mol. The summed E-state index contributed by atoms with van der Waals surface area (Å²) in [7, 11) is -0.374. The van der Waals surface area contributed by atoms with E-state index < -0.39 is 10.0 Å². The fourth-order valence-corrected chi connectivity index (χ4v) is 6.83. The molecule has 4 heterocycles. The molecule has 11 nitrogen and oxygen atoms in total. The minimum absolute atomic E-state index is 0.0591. The maximum absolute atomic E-state index is 13.6. The van der Waals surface area contributed by atoms with Crippen LogP contribution in [0.25, 0.3) is 27.8 Å². The number of imidazole rings is 1. The van der Waals surface area contributed by atoms with Crippen LogP contribution in [0.3, 0.4) is 0 Å². The number of methoxy groups -OCH3 is 1. The molecule has 2 fully saturated rings. The van der Waals surface area contributed by atoms with Crippen LogP contribution in [0.2, 0.25) is 0 Å². The van der Waals surface area contributed by atoms with Crippen molar-refractivity contribution >= 4 is 32.7 Å². The Labute approximate surface area is 233 Å². The molecule has 2 N–H and O–H groups in total. The standard InChI is InChI=1S/C28H33N7O4S/c1-32-9-11-34(12-10-32)40(36,37)26-18-21(19-30-27(26)38-2)20-3-8-24-25(17-20)35(28(29)31-24)23-6-4-22(5-7-23)33-13-15-39-16-14-33/h3-8,17-19H,9-16H2,1-2H3,(H2,29,31). The summed E-state index contributed by atoms with van der Waals surface area (Å²) in [5.74, 6) is 0.455. The van der Waals surface area contributed by atoms with Crippen molar-refractivity contribution in [3.05, 3.63) is 54.7 Å². The topological polar surface area (TPSA) is 119 Å². The smallest absolute Gasteiger partial charge is 0.248 e. The fourth-order valence-electron chi connectivity index (χ4n) is 5.27. The molecule has 2 aromatic carbocycles. The monoisotopic (exact) mass is 563 g/mol. The third kappa shape index (κ3) is 4.87. The lowest BCUT2D eigenvalue weighted by atomic mass is 10.1. The summed E-state index contributed by atoms with van der Waals surface area (Å²) >= 11 is 0. The van der Waals surface area contributed by atoms with E-state index in [2.05, 4.69) is 31.9 Å². The average Bonchev–Trinajstić information content (AvgIpc) is 3.32. The van der Waals surface area contributed by atoms with Crippen LogP contribution >= 0.6 is 0 Å². The number of rotatable bonds is 6. The number of morpholine rings is 1. The maximum Gasteiger partial charge on any atom is 0.248 e. The van der Waals surface area contributed by atoms with Crippen molar-refractivity contribution in [1.82, 2.24) is 23.7 Å². The summed E-state index contributed by atoms with van der Waals surface area (Å²) in [4.78, 5) is 13.4. The molecule has 40 heavy (non-hydrogen) atoms. The van der Waals surface area contributed by atoms with Gasteiger partial charge in [0.15, 0.2) is 0 Å². The molecule has 0 atom stereocenters. The molecule has 2 aliphatic rings. The van der Waals surface area contributed by atoms with Crippen molar-refractivity contribution in [3.63, 3.8) is 0 Å². The molecule has 2 aliphatic heterocycles. The lowest BCUT2D eigenvalue weighted by molar-refractivity contribution is 0.122. The van der Waals surface area contributed by atoms with E-state index in [-0.39, 0.29) is 10.8 Å². The van der Waals surface area contributed by atoms with Gasteiger partial charge in [-0.1, -0.05) is 6.07 Å². The molecule has 6 rings (SSSR count). The Morgan fingerprint density at radius 3 is 2.30 bits per heavy atom. The predicted molar refractivity (Wildman–Crippen MR) is 155 cm³/mol. The zero-order valence-corrected chi connectivity index (χ0v) is 23.5. The number of nitrogens with zero attached hydrogens (tertiary/aromatic N) is 6. The number of ether oxygens (including phenoxy) is 2. The van der Waals surface area contributed by atoms with Gasteiger partial charge in [0.1, 0.15) is 4.90 Å². The average molecular weight is 564 g/mol. The fraction of sp³-hybridized carbons (Fsp3) is 0.357. The van der Waals surface area contributed by atoms with E-state index in [1.165, 1.54) is 11.4 Å². The second-order valence-corrected chi connectivity index (χ2v) is 12.0. The zero-order chi connectivity index (χ0) is 27.9. The molecule has 12 heteroatoms. The number of aromatic nitrogens is 3. The second kappa shape index (κ2) is 10.7. The van der Waals surface area contributed by atoms with Gasteiger partial charge >= 0.3 is 0 Å². The van der Waals surface area contributed by atoms with Crippen LogP contribution in [0.15, 0.2) is 59.6 Å². The van der Waals surface area contributed by atoms with Crippen LogP contribution in [0, 0.1) is 0 Å². The molecule has 2 saturated heterocycles. The van der Waals surface area contributed by atoms with E-state index in [4.69, 9.17) is 15.2 Å². The van der Waals surface area contributed by atoms with Crippen LogP contribution < -0.4 is 15.4 Å². The number of nitrogens with two attached hydrogens (primary N) is 1. The summed E-state index contributed by atoms with van der Waals surface area (Å²) in [5, 5.41) is 0. The first-order valence-corrected chi connectivity index (χ1v) is 14.7. The van der Waals surface area contributed by atoms with Crippen molar-refractivity contribution in [3.8, 4) is 22.7 Å². The first-order valence-electron chi connectivity index (χ1n) is 13.3. The Hall–Kier alpha value is -3.71. The minimum Gasteiger partial charge on any atom is -0.480 e. The summed E-state index contributed by atoms with van der Waals surface area (Å²) in [6.45, 7) is 5.35. The number of sulfonamides is 1. The Bertz CT molecular complexity index is 1620. The molecule has 2 aromatic heterocycles. The number of fused-ring (bicyclic) bond motifs is 1. The Morgan fingerprint density at radius 2 is 1.60 bits per heavy atom. The van der Waals surface area contributed by atoms with E-state index in [1.54, 1.807) is 12.3 Å². The summed E-state index contributed by atoms with van der Waals surface area (Å²) in [6, 6.07) is 15.6. The number of piperazine rings is 1. The highest BCUT2D eigenvalue weighted by Crippen LogP contribution is 2.33. The van der Waals surface area contributed by atoms with Gasteiger partial charge < -0.3 is 25.0 Å². The van der Waals surface area contributed by atoms with Crippen LogP contribution in [0.5, 0.6) is 5.88 Å². The largest absolute Gasteiger partial charge is 0.480 e. The minimum atomic E-state index is -3.79. The molecule has 0 spiro atoms. The third-order valence-corrected chi connectivity index (χ3v) is 9.48. The number of hydrogen-bond acceptors (Lipinski definition) is 9. The zero-order valence-electron chi connectivity index (χ0n) is 22.7. The van der Waals surface area contributed by atoms with E-state index in [1.807, 2.05) is 41.9 Å². The second-order valence-electron chi connectivity index (χ2n) is 10.1. The highest BCUT2D eigenvalue weighted by molar-refractivity contribution is 7.89. The molecule has 0 bridgehead atoms. The van der Waals surface area contributed by atoms with Crippen molar-refractivity contribution in [2.24, 2.45) is 0 Å². The van der Waals surface area contributed by atoms with E-state index >= 15 is 0 Å². The molecule has 0 aliphatic carbocycles. The van der Waals surface area contributed by atoms with Gasteiger partial charge in [-0.2, -0.15) is 4.31 Å². The highest BCUT2D eigenvalue weighted by Gasteiger charge is 2.31. The molecule has 210 valence electrons. The predicted octanol–water partition coefficient (Wildman–Crippen LogP) is 2.45. The van der Waals surface area contributed by atoms with Gasteiger partial charge in [0.2, 0.25) is 21.9 Å². The SMILES string of the molecule is COc1ncc(-c2ccc3nc(N)n(-c4ccc(N5CCOCC5)cc4)c3c2)cc1S(=O)(=O)N1CCN(C)CC1. The summed E-state index contributed by atoms with van der Waals surface area (Å²) in [5.41, 5.74) is 11.4. The number of likely N-dealkylation sites (N-methyl/N-ethyl adjacent to an activating group) is 1. The van der Waals surface area contributed by atoms with Crippen molar-refractivity contribution in [2.75, 3.05) is 77.3 Å². The summed E-state index contributed by atoms with van der Waals surface area (Å²) < 4.78 is 41.4. The first kappa shape index (κ1) is 26.5. The molecule has 0 amide bonds. The van der Waals surface area contributed by atoms with Crippen molar-refractivity contribution < 1.29 is 17.9 Å². The van der Waals surface area contributed by atoms with E-state index in [9.17, 15) is 8.42 Å². The van der Waals surface area contributed by atoms with Crippen LogP contribution in [0.4, 0.5) is 11.6 Å². The number of hydrogen-bond donors (Lipinski definition) is 1. The Balaban J connectivity index is 1.37. The lowest BCUT2D eigenvalue weighted by Crippen LogP contribution is -2.47. The number of nitrogen functional groups attached to an aromatic ring is 1. The van der Waals surface area contributed by atoms with Crippen molar-refractivity contribution in [1.29, 1.82) is 0 Å². The third-order valence-electron chi connectivity index (χ3n) is 7.59. The van der Waals surface area contributed by atoms with Gasteiger partial charge in [-0.15, -0.1) is 0 Å². The lowest BCUT2D eigenvalue weighted by Gasteiger charge is -2.31. The molecule has 0 saturated carbocycles. The molecule has 0 radical (unpaired) electrons. The van der Waals surface area contributed by atoms with Crippen LogP contribution in [0.1, 0.15) is 0 Å². The molecular formula is C28H33N7O4S. The number of benzene rings is 2. The van der Waals surface area contributed by atoms with Gasteiger partial charge in [-0.25, -0.2) is 18.4 Å². The van der Waals surface area contributed by atoms with Gasteiger partial charge in [0, 0.05) is 62.4 Å². The maximum atomic E-state index is 13.6. The number of anilines is 2. The summed E-state index contributed by atoms with van der Waals surface area (Å²) in [6.07, 6.45) is 1.63. The molecule has 4 aromatic rings. The van der Waals surface area contributed by atoms with Crippen LogP contribution in [-0.2, 0) is 14.8 Å². The van der Waals surface area contributed by atoms with Gasteiger partial charge in [-0.05, 0) is 55.1 Å².